The van der Waals surface area contributed by atoms with E-state index in [9.17, 15) is 14.4 Å². The molecule has 106 valence electrons. The molecule has 1 aliphatic rings. The van der Waals surface area contributed by atoms with Crippen molar-refractivity contribution in [2.75, 3.05) is 31.6 Å². The highest BCUT2D eigenvalue weighted by molar-refractivity contribution is 5.99. The highest BCUT2D eigenvalue weighted by Crippen LogP contribution is 2.16. The normalized spacial score (nSPS) is 14.7. The fourth-order valence-corrected chi connectivity index (χ4v) is 1.89. The molecular formula is C13H15N3O4. The number of benzene rings is 1. The first kappa shape index (κ1) is 14.0. The number of anilines is 1. The average molecular weight is 277 g/mol. The molecule has 0 saturated carbocycles. The third kappa shape index (κ3) is 3.12. The number of rotatable bonds is 3. The summed E-state index contributed by atoms with van der Waals surface area (Å²) in [4.78, 5) is 35.7. The fourth-order valence-electron chi connectivity index (χ4n) is 1.89. The molecule has 2 rings (SSSR count). The van der Waals surface area contributed by atoms with Gasteiger partial charge in [-0.25, -0.2) is 4.79 Å². The Morgan fingerprint density at radius 2 is 2.00 bits per heavy atom. The lowest BCUT2D eigenvalue weighted by Gasteiger charge is -2.27. The summed E-state index contributed by atoms with van der Waals surface area (Å²) in [5.41, 5.74) is 5.92. The molecule has 0 aliphatic carbocycles. The van der Waals surface area contributed by atoms with Crippen LogP contribution in [-0.2, 0) is 4.74 Å². The summed E-state index contributed by atoms with van der Waals surface area (Å²) in [5.74, 6) is -0.626. The Bertz CT molecular complexity index is 538. The first-order valence-corrected chi connectivity index (χ1v) is 6.14. The molecule has 7 nitrogen and oxygen atoms in total. The topological polar surface area (TPSA) is 102 Å². The van der Waals surface area contributed by atoms with Gasteiger partial charge in [-0.05, 0) is 18.2 Å². The molecule has 0 spiro atoms. The van der Waals surface area contributed by atoms with Crippen molar-refractivity contribution in [1.82, 2.24) is 4.90 Å². The largest absolute Gasteiger partial charge is 0.378 e. The number of ether oxygens (including phenoxy) is 1. The number of aldehydes is 1. The molecule has 3 N–H and O–H groups in total. The molecule has 1 heterocycles. The molecule has 0 unspecified atom stereocenters. The molecule has 1 saturated heterocycles. The van der Waals surface area contributed by atoms with Crippen molar-refractivity contribution in [1.29, 1.82) is 0 Å². The minimum absolute atomic E-state index is 0.211. The van der Waals surface area contributed by atoms with E-state index in [4.69, 9.17) is 10.5 Å². The standard InChI is InChI=1S/C13H15N3O4/c14-12(18)9-1-2-11(10(7-9)8-17)15-13(19)16-3-5-20-6-4-16/h1-2,7-8H,3-6H2,(H2,14,18)(H,15,19). The van der Waals surface area contributed by atoms with E-state index >= 15 is 0 Å². The van der Waals surface area contributed by atoms with Crippen LogP contribution in [0.1, 0.15) is 20.7 Å². The maximum Gasteiger partial charge on any atom is 0.322 e. The molecule has 1 fully saturated rings. The smallest absolute Gasteiger partial charge is 0.322 e. The Balaban J connectivity index is 2.13. The summed E-state index contributed by atoms with van der Waals surface area (Å²) in [6.07, 6.45) is 0.571. The Morgan fingerprint density at radius 1 is 1.30 bits per heavy atom. The maximum atomic E-state index is 12.0. The average Bonchev–Trinajstić information content (AvgIpc) is 2.48. The lowest BCUT2D eigenvalue weighted by Crippen LogP contribution is -2.43. The van der Waals surface area contributed by atoms with Gasteiger partial charge < -0.3 is 20.7 Å². The van der Waals surface area contributed by atoms with E-state index < -0.39 is 5.91 Å². The molecule has 1 aromatic carbocycles. The molecule has 0 radical (unpaired) electrons. The van der Waals surface area contributed by atoms with Crippen molar-refractivity contribution in [3.63, 3.8) is 0 Å². The van der Waals surface area contributed by atoms with E-state index in [-0.39, 0.29) is 17.2 Å². The summed E-state index contributed by atoms with van der Waals surface area (Å²) in [7, 11) is 0. The SMILES string of the molecule is NC(=O)c1ccc(NC(=O)N2CCOCC2)c(C=O)c1. The van der Waals surface area contributed by atoms with Crippen LogP contribution in [0.15, 0.2) is 18.2 Å². The van der Waals surface area contributed by atoms with Crippen LogP contribution in [0.2, 0.25) is 0 Å². The number of carbonyl (C=O) groups excluding carboxylic acids is 3. The van der Waals surface area contributed by atoms with Crippen LogP contribution in [0.4, 0.5) is 10.5 Å². The van der Waals surface area contributed by atoms with Gasteiger partial charge in [0.1, 0.15) is 0 Å². The third-order valence-corrected chi connectivity index (χ3v) is 3.00. The molecule has 0 bridgehead atoms. The van der Waals surface area contributed by atoms with Gasteiger partial charge >= 0.3 is 6.03 Å². The second-order valence-corrected chi connectivity index (χ2v) is 4.31. The Hall–Kier alpha value is -2.41. The second kappa shape index (κ2) is 6.16. The van der Waals surface area contributed by atoms with Crippen molar-refractivity contribution < 1.29 is 19.1 Å². The molecule has 0 atom stereocenters. The number of nitrogens with one attached hydrogen (secondary N) is 1. The van der Waals surface area contributed by atoms with E-state index in [1.54, 1.807) is 4.90 Å². The van der Waals surface area contributed by atoms with Crippen LogP contribution in [0.3, 0.4) is 0 Å². The zero-order valence-corrected chi connectivity index (χ0v) is 10.8. The van der Waals surface area contributed by atoms with Gasteiger partial charge in [0, 0.05) is 24.2 Å². The first-order valence-electron chi connectivity index (χ1n) is 6.14. The van der Waals surface area contributed by atoms with Gasteiger partial charge in [0.05, 0.1) is 18.9 Å². The quantitative estimate of drug-likeness (QED) is 0.784. The second-order valence-electron chi connectivity index (χ2n) is 4.31. The summed E-state index contributed by atoms with van der Waals surface area (Å²) < 4.78 is 5.16. The van der Waals surface area contributed by atoms with Gasteiger partial charge in [-0.3, -0.25) is 9.59 Å². The minimum Gasteiger partial charge on any atom is -0.378 e. The Morgan fingerprint density at radius 3 is 2.60 bits per heavy atom. The number of carbonyl (C=O) groups is 3. The van der Waals surface area contributed by atoms with Crippen molar-refractivity contribution in [2.24, 2.45) is 5.73 Å². The number of urea groups is 1. The summed E-state index contributed by atoms with van der Waals surface area (Å²) in [6, 6.07) is 4.00. The Labute approximate surface area is 115 Å². The summed E-state index contributed by atoms with van der Waals surface area (Å²) in [5, 5.41) is 2.65. The molecule has 0 aromatic heterocycles. The zero-order chi connectivity index (χ0) is 14.5. The number of hydrogen-bond acceptors (Lipinski definition) is 4. The van der Waals surface area contributed by atoms with Crippen LogP contribution in [-0.4, -0.2) is 49.4 Å². The van der Waals surface area contributed by atoms with Crippen LogP contribution in [0.25, 0.3) is 0 Å². The van der Waals surface area contributed by atoms with Crippen LogP contribution in [0, 0.1) is 0 Å². The van der Waals surface area contributed by atoms with Gasteiger partial charge in [0.15, 0.2) is 6.29 Å². The molecule has 7 heteroatoms. The highest BCUT2D eigenvalue weighted by atomic mass is 16.5. The number of morpholine rings is 1. The minimum atomic E-state index is -0.626. The van der Waals surface area contributed by atoms with Gasteiger partial charge in [-0.1, -0.05) is 0 Å². The van der Waals surface area contributed by atoms with E-state index in [2.05, 4.69) is 5.32 Å². The predicted molar refractivity (Wildman–Crippen MR) is 71.8 cm³/mol. The van der Waals surface area contributed by atoms with E-state index in [0.29, 0.717) is 38.3 Å². The van der Waals surface area contributed by atoms with Gasteiger partial charge in [0.25, 0.3) is 0 Å². The van der Waals surface area contributed by atoms with Crippen LogP contribution < -0.4 is 11.1 Å². The number of hydrogen-bond donors (Lipinski definition) is 2. The monoisotopic (exact) mass is 277 g/mol. The number of nitrogens with zero attached hydrogens (tertiary/aromatic N) is 1. The molecule has 3 amide bonds. The predicted octanol–water partition coefficient (Wildman–Crippen LogP) is 0.462. The van der Waals surface area contributed by atoms with Crippen molar-refractivity contribution >= 4 is 23.9 Å². The van der Waals surface area contributed by atoms with E-state index in [1.165, 1.54) is 18.2 Å². The first-order chi connectivity index (χ1) is 9.61. The van der Waals surface area contributed by atoms with Gasteiger partial charge in [-0.15, -0.1) is 0 Å². The van der Waals surface area contributed by atoms with Crippen molar-refractivity contribution in [2.45, 2.75) is 0 Å². The van der Waals surface area contributed by atoms with Gasteiger partial charge in [-0.2, -0.15) is 0 Å². The van der Waals surface area contributed by atoms with E-state index in [0.717, 1.165) is 0 Å². The van der Waals surface area contributed by atoms with Gasteiger partial charge in [0.2, 0.25) is 5.91 Å². The zero-order valence-electron chi connectivity index (χ0n) is 10.8. The fraction of sp³-hybridized carbons (Fsp3) is 0.308. The molecular weight excluding hydrogens is 262 g/mol. The molecule has 1 aromatic rings. The number of primary amides is 1. The van der Waals surface area contributed by atoms with Crippen LogP contribution in [0.5, 0.6) is 0 Å². The van der Waals surface area contributed by atoms with Crippen molar-refractivity contribution in [3.8, 4) is 0 Å². The Kier molecular flexibility index (Phi) is 4.31. The lowest BCUT2D eigenvalue weighted by molar-refractivity contribution is 0.0564. The summed E-state index contributed by atoms with van der Waals surface area (Å²) >= 11 is 0. The molecule has 20 heavy (non-hydrogen) atoms. The number of nitrogens with two attached hydrogens (primary N) is 1. The van der Waals surface area contributed by atoms with E-state index in [1.807, 2.05) is 0 Å². The maximum absolute atomic E-state index is 12.0. The summed E-state index contributed by atoms with van der Waals surface area (Å²) in [6.45, 7) is 1.99. The van der Waals surface area contributed by atoms with Crippen molar-refractivity contribution in [3.05, 3.63) is 29.3 Å². The lowest BCUT2D eigenvalue weighted by atomic mass is 10.1. The number of amides is 3. The highest BCUT2D eigenvalue weighted by Gasteiger charge is 2.18. The third-order valence-electron chi connectivity index (χ3n) is 3.00. The van der Waals surface area contributed by atoms with Crippen LogP contribution >= 0.6 is 0 Å². The molecule has 1 aliphatic heterocycles.